The fraction of sp³-hybridized carbons (Fsp3) is 0.154. The number of rotatable bonds is 5. The number of carbonyl (C=O) groups is 1. The number of methoxy groups -OCH3 is 2. The van der Waals surface area contributed by atoms with E-state index in [-0.39, 0.29) is 4.88 Å². The van der Waals surface area contributed by atoms with Gasteiger partial charge in [-0.15, -0.1) is 0 Å². The van der Waals surface area contributed by atoms with E-state index in [1.807, 2.05) is 0 Å². The van der Waals surface area contributed by atoms with E-state index in [2.05, 4.69) is 0 Å². The van der Waals surface area contributed by atoms with Gasteiger partial charge in [0, 0.05) is 18.2 Å². The molecule has 6 heteroatoms. The summed E-state index contributed by atoms with van der Waals surface area (Å²) in [6, 6.07) is 8.23. The van der Waals surface area contributed by atoms with Crippen molar-refractivity contribution in [3.05, 3.63) is 35.2 Å². The molecule has 100 valence electrons. The molecule has 19 heavy (non-hydrogen) atoms. The van der Waals surface area contributed by atoms with E-state index in [1.54, 1.807) is 38.5 Å². The van der Waals surface area contributed by atoms with Crippen LogP contribution in [0.25, 0.3) is 0 Å². The highest BCUT2D eigenvalue weighted by Gasteiger charge is 2.09. The molecule has 1 N–H and O–H groups in total. The van der Waals surface area contributed by atoms with Crippen molar-refractivity contribution in [1.29, 1.82) is 0 Å². The van der Waals surface area contributed by atoms with Crippen molar-refractivity contribution in [2.75, 3.05) is 14.2 Å². The summed E-state index contributed by atoms with van der Waals surface area (Å²) in [7, 11) is 3.10. The van der Waals surface area contributed by atoms with Crippen molar-refractivity contribution in [1.82, 2.24) is 0 Å². The summed E-state index contributed by atoms with van der Waals surface area (Å²) in [5.74, 6) is 0.756. The third kappa shape index (κ3) is 3.17. The highest BCUT2D eigenvalue weighted by atomic mass is 32.1. The molecule has 0 atom stereocenters. The summed E-state index contributed by atoms with van der Waals surface area (Å²) in [4.78, 5) is 11.0. The second kappa shape index (κ2) is 5.62. The number of ether oxygens (including phenoxy) is 3. The summed E-state index contributed by atoms with van der Waals surface area (Å²) >= 11 is 1.06. The molecule has 0 aliphatic heterocycles. The van der Waals surface area contributed by atoms with E-state index in [4.69, 9.17) is 19.3 Å². The van der Waals surface area contributed by atoms with E-state index in [1.165, 1.54) is 6.07 Å². The topological polar surface area (TPSA) is 65.0 Å². The highest BCUT2D eigenvalue weighted by Crippen LogP contribution is 2.34. The van der Waals surface area contributed by atoms with Crippen LogP contribution in [0, 0.1) is 0 Å². The highest BCUT2D eigenvalue weighted by molar-refractivity contribution is 7.15. The van der Waals surface area contributed by atoms with E-state index >= 15 is 0 Å². The standard InChI is InChI=1S/C13H12O5S/c1-16-8-5-9(17-2)7-10(6-8)18-12-4-3-11(19-12)13(14)15/h3-7H,1-2H3,(H,14,15). The van der Waals surface area contributed by atoms with Crippen LogP contribution >= 0.6 is 11.3 Å². The molecule has 0 radical (unpaired) electrons. The quantitative estimate of drug-likeness (QED) is 0.910. The van der Waals surface area contributed by atoms with Crippen LogP contribution in [0.3, 0.4) is 0 Å². The van der Waals surface area contributed by atoms with Crippen molar-refractivity contribution in [2.24, 2.45) is 0 Å². The van der Waals surface area contributed by atoms with Crippen LogP contribution in [-0.2, 0) is 0 Å². The Balaban J connectivity index is 2.23. The van der Waals surface area contributed by atoms with Crippen LogP contribution in [0.1, 0.15) is 9.67 Å². The number of carboxylic acid groups (broad SMARTS) is 1. The second-order valence-electron chi connectivity index (χ2n) is 3.57. The average Bonchev–Trinajstić information content (AvgIpc) is 2.87. The van der Waals surface area contributed by atoms with Crippen LogP contribution in [0.15, 0.2) is 30.3 Å². The van der Waals surface area contributed by atoms with Gasteiger partial charge >= 0.3 is 5.97 Å². The van der Waals surface area contributed by atoms with Gasteiger partial charge in [-0.1, -0.05) is 11.3 Å². The maximum Gasteiger partial charge on any atom is 0.345 e. The predicted molar refractivity (Wildman–Crippen MR) is 70.9 cm³/mol. The van der Waals surface area contributed by atoms with Gasteiger partial charge in [-0.3, -0.25) is 0 Å². The van der Waals surface area contributed by atoms with Gasteiger partial charge < -0.3 is 19.3 Å². The third-order valence-electron chi connectivity index (χ3n) is 2.34. The maximum absolute atomic E-state index is 10.8. The molecule has 0 aliphatic rings. The van der Waals surface area contributed by atoms with E-state index < -0.39 is 5.97 Å². The van der Waals surface area contributed by atoms with Gasteiger partial charge in [-0.05, 0) is 12.1 Å². The molecule has 1 aromatic carbocycles. The molecule has 0 bridgehead atoms. The number of hydrogen-bond donors (Lipinski definition) is 1. The monoisotopic (exact) mass is 280 g/mol. The average molecular weight is 280 g/mol. The SMILES string of the molecule is COc1cc(OC)cc(Oc2ccc(C(=O)O)s2)c1. The lowest BCUT2D eigenvalue weighted by Crippen LogP contribution is -1.90. The summed E-state index contributed by atoms with van der Waals surface area (Å²) in [5, 5.41) is 9.34. The number of benzene rings is 1. The Bertz CT molecular complexity index is 568. The van der Waals surface area contributed by atoms with Crippen LogP contribution in [-0.4, -0.2) is 25.3 Å². The van der Waals surface area contributed by atoms with Crippen molar-refractivity contribution < 1.29 is 24.1 Å². The molecule has 1 aromatic heterocycles. The summed E-state index contributed by atoms with van der Waals surface area (Å²) in [6.45, 7) is 0. The Morgan fingerprint density at radius 3 is 2.11 bits per heavy atom. The largest absolute Gasteiger partial charge is 0.496 e. The smallest absolute Gasteiger partial charge is 0.345 e. The third-order valence-corrected chi connectivity index (χ3v) is 3.29. The molecule has 1 heterocycles. The zero-order valence-electron chi connectivity index (χ0n) is 10.4. The van der Waals surface area contributed by atoms with E-state index in [9.17, 15) is 4.79 Å². The minimum atomic E-state index is -0.969. The summed E-state index contributed by atoms with van der Waals surface area (Å²) < 4.78 is 15.8. The van der Waals surface area contributed by atoms with Crippen LogP contribution in [0.2, 0.25) is 0 Å². The lowest BCUT2D eigenvalue weighted by atomic mass is 10.3. The van der Waals surface area contributed by atoms with Crippen molar-refractivity contribution in [2.45, 2.75) is 0 Å². The molecule has 0 fully saturated rings. The van der Waals surface area contributed by atoms with E-state index in [0.29, 0.717) is 22.3 Å². The van der Waals surface area contributed by atoms with E-state index in [0.717, 1.165) is 11.3 Å². The Morgan fingerprint density at radius 2 is 1.63 bits per heavy atom. The van der Waals surface area contributed by atoms with Gasteiger partial charge in [0.15, 0.2) is 5.06 Å². The van der Waals surface area contributed by atoms with Crippen LogP contribution < -0.4 is 14.2 Å². The van der Waals surface area contributed by atoms with Crippen LogP contribution in [0.4, 0.5) is 0 Å². The molecule has 0 spiro atoms. The fourth-order valence-electron chi connectivity index (χ4n) is 1.45. The molecular weight excluding hydrogens is 268 g/mol. The lowest BCUT2D eigenvalue weighted by Gasteiger charge is -2.08. The molecule has 5 nitrogen and oxygen atoms in total. The van der Waals surface area contributed by atoms with Crippen molar-refractivity contribution >= 4 is 17.3 Å². The van der Waals surface area contributed by atoms with Gasteiger partial charge in [0.25, 0.3) is 0 Å². The van der Waals surface area contributed by atoms with Crippen LogP contribution in [0.5, 0.6) is 22.3 Å². The Hall–Kier alpha value is -2.21. The fourth-order valence-corrected chi connectivity index (χ4v) is 2.16. The maximum atomic E-state index is 10.8. The van der Waals surface area contributed by atoms with Crippen molar-refractivity contribution in [3.63, 3.8) is 0 Å². The summed E-state index contributed by atoms with van der Waals surface area (Å²) in [6.07, 6.45) is 0. The van der Waals surface area contributed by atoms with Crippen molar-refractivity contribution in [3.8, 4) is 22.3 Å². The molecule has 2 rings (SSSR count). The molecule has 0 saturated carbocycles. The molecule has 0 saturated heterocycles. The number of hydrogen-bond acceptors (Lipinski definition) is 5. The van der Waals surface area contributed by atoms with Gasteiger partial charge in [-0.2, -0.15) is 0 Å². The Labute approximate surface area is 114 Å². The normalized spacial score (nSPS) is 10.0. The Morgan fingerprint density at radius 1 is 1.05 bits per heavy atom. The summed E-state index contributed by atoms with van der Waals surface area (Å²) in [5.41, 5.74) is 0. The number of aromatic carboxylic acids is 1. The molecule has 0 amide bonds. The second-order valence-corrected chi connectivity index (χ2v) is 4.62. The first-order chi connectivity index (χ1) is 9.12. The predicted octanol–water partition coefficient (Wildman–Crippen LogP) is 3.26. The number of carboxylic acids is 1. The molecule has 2 aromatic rings. The Kier molecular flexibility index (Phi) is 3.91. The van der Waals surface area contributed by atoms with Gasteiger partial charge in [-0.25, -0.2) is 4.79 Å². The zero-order chi connectivity index (χ0) is 13.8. The first-order valence-electron chi connectivity index (χ1n) is 5.36. The molecule has 0 aliphatic carbocycles. The molecule has 0 unspecified atom stereocenters. The minimum absolute atomic E-state index is 0.227. The lowest BCUT2D eigenvalue weighted by molar-refractivity contribution is 0.0702. The van der Waals surface area contributed by atoms with Gasteiger partial charge in [0.1, 0.15) is 22.1 Å². The zero-order valence-corrected chi connectivity index (χ0v) is 11.2. The minimum Gasteiger partial charge on any atom is -0.496 e. The number of thiophene rings is 1. The van der Waals surface area contributed by atoms with Gasteiger partial charge in [0.05, 0.1) is 14.2 Å². The first kappa shape index (κ1) is 13.2. The first-order valence-corrected chi connectivity index (χ1v) is 6.18. The molecular formula is C13H12O5S. The van der Waals surface area contributed by atoms with Gasteiger partial charge in [0.2, 0.25) is 0 Å².